The molecule has 6 aliphatic rings. The maximum Gasteiger partial charge on any atom is 0.236 e. The van der Waals surface area contributed by atoms with Crippen LogP contribution in [0.25, 0.3) is 0 Å². The van der Waals surface area contributed by atoms with Gasteiger partial charge in [0.15, 0.2) is 6.29 Å². The maximum absolute atomic E-state index is 12.4. The predicted octanol–water partition coefficient (Wildman–Crippen LogP) is 6.11. The first kappa shape index (κ1) is 34.1. The summed E-state index contributed by atoms with van der Waals surface area (Å²) in [6.45, 7) is 18.8. The summed E-state index contributed by atoms with van der Waals surface area (Å²) in [4.78, 5) is 16.2. The van der Waals surface area contributed by atoms with Gasteiger partial charge in [-0.05, 0) is 122 Å². The number of likely N-dealkylation sites (N-methyl/N-ethyl adjacent to an activating group) is 1. The van der Waals surface area contributed by atoms with E-state index in [2.05, 4.69) is 39.5 Å². The number of morpholine rings is 1. The summed E-state index contributed by atoms with van der Waals surface area (Å²) in [5, 5.41) is 22.1. The van der Waals surface area contributed by atoms with Gasteiger partial charge >= 0.3 is 0 Å². The first-order chi connectivity index (χ1) is 20.9. The molecule has 5 aliphatic carbocycles. The van der Waals surface area contributed by atoms with Crippen LogP contribution in [-0.4, -0.2) is 90.4 Å². The molecule has 6 fully saturated rings. The monoisotopic (exact) mass is 630 g/mol. The minimum Gasteiger partial charge on any atom is -0.393 e. The van der Waals surface area contributed by atoms with Crippen LogP contribution in [-0.2, 0) is 14.3 Å². The van der Waals surface area contributed by atoms with E-state index in [1.54, 1.807) is 4.90 Å². The molecule has 2 spiro atoms. The molecule has 11 atom stereocenters. The van der Waals surface area contributed by atoms with E-state index in [9.17, 15) is 15.0 Å². The van der Waals surface area contributed by atoms with Gasteiger partial charge in [0, 0.05) is 20.6 Å². The van der Waals surface area contributed by atoms with E-state index in [-0.39, 0.29) is 40.7 Å². The Morgan fingerprint density at radius 1 is 1.04 bits per heavy atom. The van der Waals surface area contributed by atoms with Crippen molar-refractivity contribution in [2.24, 2.45) is 50.7 Å². The molecule has 45 heavy (non-hydrogen) atoms. The van der Waals surface area contributed by atoms with E-state index in [0.29, 0.717) is 54.2 Å². The number of fused-ring (bicyclic) bond motifs is 2. The summed E-state index contributed by atoms with van der Waals surface area (Å²) in [5.41, 5.74) is 0.650. The number of amides is 1. The topological polar surface area (TPSA) is 82.5 Å². The molecule has 0 radical (unpaired) electrons. The van der Waals surface area contributed by atoms with Crippen LogP contribution in [0.2, 0.25) is 0 Å². The largest absolute Gasteiger partial charge is 0.393 e. The lowest BCUT2D eigenvalue weighted by atomic mass is 9.41. The number of hydrogen-bond acceptors (Lipinski definition) is 6. The summed E-state index contributed by atoms with van der Waals surface area (Å²) in [7, 11) is 3.64. The number of aliphatic hydroxyl groups is 2. The Balaban J connectivity index is 1.15. The molecule has 7 heteroatoms. The molecule has 6 rings (SSSR count). The average molecular weight is 631 g/mol. The fourth-order valence-corrected chi connectivity index (χ4v) is 13.1. The van der Waals surface area contributed by atoms with Crippen molar-refractivity contribution in [3.05, 3.63) is 0 Å². The van der Waals surface area contributed by atoms with Crippen LogP contribution in [0.4, 0.5) is 0 Å². The Labute approximate surface area is 274 Å². The molecule has 0 aromatic heterocycles. The summed E-state index contributed by atoms with van der Waals surface area (Å²) in [6.07, 6.45) is 12.4. The number of carbonyl (C=O) groups excluding carboxylic acids is 1. The van der Waals surface area contributed by atoms with Crippen LogP contribution >= 0.6 is 0 Å². The van der Waals surface area contributed by atoms with Crippen molar-refractivity contribution in [3.63, 3.8) is 0 Å². The molecule has 7 nitrogen and oxygen atoms in total. The van der Waals surface area contributed by atoms with Gasteiger partial charge in [-0.1, -0.05) is 47.5 Å². The molecular weight excluding hydrogens is 564 g/mol. The molecule has 1 heterocycles. The molecule has 0 bridgehead atoms. The molecule has 1 aliphatic heterocycles. The number of aliphatic hydroxyl groups excluding tert-OH is 1. The highest BCUT2D eigenvalue weighted by Gasteiger charge is 2.82. The minimum atomic E-state index is -0.615. The zero-order valence-electron chi connectivity index (χ0n) is 30.2. The Bertz CT molecular complexity index is 1120. The third kappa shape index (κ3) is 5.36. The second-order valence-corrected chi connectivity index (χ2v) is 18.8. The zero-order chi connectivity index (χ0) is 32.8. The molecule has 258 valence electrons. The van der Waals surface area contributed by atoms with Crippen LogP contribution < -0.4 is 0 Å². The number of hydrogen-bond donors (Lipinski definition) is 2. The van der Waals surface area contributed by atoms with E-state index in [1.165, 1.54) is 38.5 Å². The van der Waals surface area contributed by atoms with Crippen LogP contribution in [0.3, 0.4) is 0 Å². The van der Waals surface area contributed by atoms with Gasteiger partial charge in [-0.3, -0.25) is 9.69 Å². The van der Waals surface area contributed by atoms with Crippen LogP contribution in [0.1, 0.15) is 119 Å². The third-order valence-corrected chi connectivity index (χ3v) is 15.5. The van der Waals surface area contributed by atoms with Gasteiger partial charge in [-0.2, -0.15) is 0 Å². The Kier molecular flexibility index (Phi) is 8.67. The lowest BCUT2D eigenvalue weighted by molar-refractivity contribution is -0.247. The van der Waals surface area contributed by atoms with Crippen molar-refractivity contribution in [1.29, 1.82) is 0 Å². The standard InChI is InChI=1S/C38H66N2O5/c1-25(11-10-15-33(2,3)43)32-26(41)21-36(7)28-13-12-27-34(4,5)29(14-16-37(27)24-38(28,37)18-17-35(32,36)6)45-31-23-40(19-20-44-31)22-30(42)39(8)9/h25-29,31-32,41,43H,10-24H2,1-9H3/t25-,26-,27+,28+,29+,31+,32?,35-,36+,37-,38+/m1/s1. The molecule has 5 saturated carbocycles. The van der Waals surface area contributed by atoms with E-state index in [1.807, 2.05) is 27.9 Å². The van der Waals surface area contributed by atoms with Crippen molar-refractivity contribution >= 4 is 5.91 Å². The highest BCUT2D eigenvalue weighted by atomic mass is 16.7. The maximum atomic E-state index is 12.4. The second kappa shape index (κ2) is 11.4. The minimum absolute atomic E-state index is 0.0756. The van der Waals surface area contributed by atoms with Crippen molar-refractivity contribution in [3.8, 4) is 0 Å². The summed E-state index contributed by atoms with van der Waals surface area (Å²) >= 11 is 0. The fourth-order valence-electron chi connectivity index (χ4n) is 13.1. The highest BCUT2D eigenvalue weighted by molar-refractivity contribution is 5.77. The summed E-state index contributed by atoms with van der Waals surface area (Å²) < 4.78 is 13.0. The van der Waals surface area contributed by atoms with Gasteiger partial charge in [0.25, 0.3) is 0 Å². The first-order valence-electron chi connectivity index (χ1n) is 18.5. The SMILES string of the molecule is C[C@H](CCCC(C)(C)O)C1[C@H](O)C[C@@]2(C)[C@@H]3CC[C@H]4C(C)(C)[C@@H](O[C@H]5CN(CC(=O)N(C)C)CCO5)CC[C@@]45C[C@@]35CC[C@]12C. The molecule has 0 aromatic carbocycles. The Morgan fingerprint density at radius 3 is 2.42 bits per heavy atom. The second-order valence-electron chi connectivity index (χ2n) is 18.8. The number of carbonyl (C=O) groups is 1. The summed E-state index contributed by atoms with van der Waals surface area (Å²) in [5.74, 6) is 2.30. The van der Waals surface area contributed by atoms with E-state index < -0.39 is 5.60 Å². The van der Waals surface area contributed by atoms with Crippen LogP contribution in [0.5, 0.6) is 0 Å². The van der Waals surface area contributed by atoms with Gasteiger partial charge in [0.05, 0.1) is 37.5 Å². The van der Waals surface area contributed by atoms with Crippen molar-refractivity contribution in [2.75, 3.05) is 40.3 Å². The normalized spacial score (nSPS) is 46.4. The van der Waals surface area contributed by atoms with Gasteiger partial charge in [-0.15, -0.1) is 0 Å². The zero-order valence-corrected chi connectivity index (χ0v) is 30.2. The summed E-state index contributed by atoms with van der Waals surface area (Å²) in [6, 6.07) is 0. The molecule has 2 N–H and O–H groups in total. The Morgan fingerprint density at radius 2 is 1.73 bits per heavy atom. The van der Waals surface area contributed by atoms with Crippen molar-refractivity contribution in [1.82, 2.24) is 9.80 Å². The first-order valence-corrected chi connectivity index (χ1v) is 18.5. The number of nitrogens with zero attached hydrogens (tertiary/aromatic N) is 2. The lowest BCUT2D eigenvalue weighted by Crippen LogP contribution is -2.58. The molecule has 0 aromatic rings. The average Bonchev–Trinajstić information content (AvgIpc) is 3.54. The van der Waals surface area contributed by atoms with Crippen LogP contribution in [0, 0.1) is 50.7 Å². The van der Waals surface area contributed by atoms with Gasteiger partial charge in [0.1, 0.15) is 0 Å². The third-order valence-electron chi connectivity index (χ3n) is 15.5. The Hall–Kier alpha value is -0.730. The molecule has 1 unspecified atom stereocenters. The van der Waals surface area contributed by atoms with E-state index in [0.717, 1.165) is 38.6 Å². The predicted molar refractivity (Wildman–Crippen MR) is 177 cm³/mol. The van der Waals surface area contributed by atoms with E-state index in [4.69, 9.17) is 9.47 Å². The quantitative estimate of drug-likeness (QED) is 0.320. The number of rotatable bonds is 9. The number of ether oxygens (including phenoxy) is 2. The van der Waals surface area contributed by atoms with Gasteiger partial charge in [0.2, 0.25) is 5.91 Å². The fraction of sp³-hybridized carbons (Fsp3) is 0.974. The molecule has 1 amide bonds. The van der Waals surface area contributed by atoms with Crippen molar-refractivity contribution in [2.45, 2.75) is 143 Å². The lowest BCUT2D eigenvalue weighted by Gasteiger charge is -2.63. The van der Waals surface area contributed by atoms with Gasteiger partial charge in [-0.25, -0.2) is 0 Å². The van der Waals surface area contributed by atoms with Crippen LogP contribution in [0.15, 0.2) is 0 Å². The van der Waals surface area contributed by atoms with Gasteiger partial charge < -0.3 is 24.6 Å². The highest BCUT2D eigenvalue weighted by Crippen LogP contribution is 2.89. The molecule has 1 saturated heterocycles. The van der Waals surface area contributed by atoms with E-state index >= 15 is 0 Å². The molecular formula is C38H66N2O5. The van der Waals surface area contributed by atoms with Crippen molar-refractivity contribution < 1.29 is 24.5 Å². The smallest absolute Gasteiger partial charge is 0.236 e.